The number of benzene rings is 1. The predicted octanol–water partition coefficient (Wildman–Crippen LogP) is 2.95. The number of nitrogen functional groups attached to an aromatic ring is 1. The minimum atomic E-state index is 0.598. The highest BCUT2D eigenvalue weighted by atomic mass is 32.2. The lowest BCUT2D eigenvalue weighted by Gasteiger charge is -2.24. The molecule has 2 N–H and O–H groups in total. The Kier molecular flexibility index (Phi) is 3.78. The van der Waals surface area contributed by atoms with Crippen LogP contribution in [-0.4, -0.2) is 22.3 Å². The van der Waals surface area contributed by atoms with Gasteiger partial charge in [-0.25, -0.2) is 9.97 Å². The van der Waals surface area contributed by atoms with Gasteiger partial charge in [0.2, 0.25) is 0 Å². The Morgan fingerprint density at radius 2 is 2.15 bits per heavy atom. The molecule has 1 heterocycles. The summed E-state index contributed by atoms with van der Waals surface area (Å²) < 4.78 is 0. The molecule has 5 heteroatoms. The van der Waals surface area contributed by atoms with Crippen LogP contribution in [0.15, 0.2) is 41.7 Å². The van der Waals surface area contributed by atoms with Crippen molar-refractivity contribution in [1.82, 2.24) is 9.97 Å². The summed E-state index contributed by atoms with van der Waals surface area (Å²) in [6.07, 6.45) is 6.16. The number of aromatic nitrogens is 2. The van der Waals surface area contributed by atoms with Crippen molar-refractivity contribution in [1.29, 1.82) is 0 Å². The van der Waals surface area contributed by atoms with Gasteiger partial charge in [0, 0.05) is 24.3 Å². The van der Waals surface area contributed by atoms with Crippen molar-refractivity contribution in [3.63, 3.8) is 0 Å². The number of anilines is 2. The van der Waals surface area contributed by atoms with Gasteiger partial charge in [-0.15, -0.1) is 11.8 Å². The topological polar surface area (TPSA) is 55.0 Å². The van der Waals surface area contributed by atoms with Gasteiger partial charge in [0.1, 0.15) is 17.2 Å². The quantitative estimate of drug-likeness (QED) is 0.520. The Bertz CT molecular complexity index is 598. The van der Waals surface area contributed by atoms with E-state index in [1.165, 1.54) is 18.4 Å². The van der Waals surface area contributed by atoms with E-state index in [4.69, 9.17) is 5.73 Å². The molecule has 0 bridgehead atoms. The summed E-state index contributed by atoms with van der Waals surface area (Å²) in [4.78, 5) is 11.0. The van der Waals surface area contributed by atoms with E-state index < -0.39 is 0 Å². The van der Waals surface area contributed by atoms with Crippen LogP contribution in [-0.2, 0) is 6.54 Å². The minimum Gasteiger partial charge on any atom is -0.399 e. The molecule has 0 atom stereocenters. The van der Waals surface area contributed by atoms with E-state index in [-0.39, 0.29) is 0 Å². The van der Waals surface area contributed by atoms with Crippen molar-refractivity contribution in [3.05, 3.63) is 42.2 Å². The van der Waals surface area contributed by atoms with Gasteiger partial charge in [-0.3, -0.25) is 0 Å². The fraction of sp³-hybridized carbons (Fsp3) is 0.333. The lowest BCUT2D eigenvalue weighted by atomic mass is 10.2. The predicted molar refractivity (Wildman–Crippen MR) is 83.9 cm³/mol. The molecule has 1 aliphatic rings. The average molecular weight is 286 g/mol. The number of rotatable bonds is 5. The highest BCUT2D eigenvalue weighted by molar-refractivity contribution is 7.98. The second-order valence-electron chi connectivity index (χ2n) is 5.02. The maximum absolute atomic E-state index is 5.86. The van der Waals surface area contributed by atoms with Crippen LogP contribution in [0.1, 0.15) is 18.4 Å². The summed E-state index contributed by atoms with van der Waals surface area (Å²) >= 11 is 1.64. The monoisotopic (exact) mass is 286 g/mol. The summed E-state index contributed by atoms with van der Waals surface area (Å²) in [5.41, 5.74) is 7.90. The van der Waals surface area contributed by atoms with E-state index in [2.05, 4.69) is 27.0 Å². The van der Waals surface area contributed by atoms with Crippen LogP contribution >= 0.6 is 11.8 Å². The van der Waals surface area contributed by atoms with Gasteiger partial charge in [0.25, 0.3) is 0 Å². The first-order valence-electron chi connectivity index (χ1n) is 6.73. The third-order valence-corrected chi connectivity index (χ3v) is 4.06. The van der Waals surface area contributed by atoms with Crippen LogP contribution in [0.3, 0.4) is 0 Å². The highest BCUT2D eigenvalue weighted by Crippen LogP contribution is 2.33. The lowest BCUT2D eigenvalue weighted by Crippen LogP contribution is -2.26. The zero-order valence-electron chi connectivity index (χ0n) is 11.5. The van der Waals surface area contributed by atoms with Crippen LogP contribution in [0.5, 0.6) is 0 Å². The SMILES string of the molecule is CSc1cc(N(Cc2cccc(N)c2)C2CC2)ncn1. The lowest BCUT2D eigenvalue weighted by molar-refractivity contribution is 0.770. The highest BCUT2D eigenvalue weighted by Gasteiger charge is 2.30. The van der Waals surface area contributed by atoms with Crippen LogP contribution in [0.25, 0.3) is 0 Å². The second-order valence-corrected chi connectivity index (χ2v) is 5.85. The van der Waals surface area contributed by atoms with E-state index in [1.54, 1.807) is 18.1 Å². The molecule has 3 rings (SSSR count). The van der Waals surface area contributed by atoms with E-state index in [9.17, 15) is 0 Å². The molecule has 104 valence electrons. The third kappa shape index (κ3) is 3.04. The van der Waals surface area contributed by atoms with Crippen LogP contribution < -0.4 is 10.6 Å². The molecular formula is C15H18N4S. The van der Waals surface area contributed by atoms with E-state index >= 15 is 0 Å². The molecule has 1 saturated carbocycles. The van der Waals surface area contributed by atoms with Gasteiger partial charge in [-0.1, -0.05) is 12.1 Å². The van der Waals surface area contributed by atoms with Gasteiger partial charge in [-0.05, 0) is 36.8 Å². The van der Waals surface area contributed by atoms with Crippen molar-refractivity contribution in [2.24, 2.45) is 0 Å². The largest absolute Gasteiger partial charge is 0.399 e. The molecule has 1 aromatic carbocycles. The molecular weight excluding hydrogens is 268 g/mol. The van der Waals surface area contributed by atoms with Crippen molar-refractivity contribution >= 4 is 23.3 Å². The van der Waals surface area contributed by atoms with E-state index in [0.717, 1.165) is 23.1 Å². The summed E-state index contributed by atoms with van der Waals surface area (Å²) in [6.45, 7) is 0.848. The van der Waals surface area contributed by atoms with Gasteiger partial charge in [-0.2, -0.15) is 0 Å². The minimum absolute atomic E-state index is 0.598. The molecule has 0 radical (unpaired) electrons. The first-order chi connectivity index (χ1) is 9.76. The molecule has 0 spiro atoms. The van der Waals surface area contributed by atoms with Crippen molar-refractivity contribution in [3.8, 4) is 0 Å². The van der Waals surface area contributed by atoms with Crippen molar-refractivity contribution < 1.29 is 0 Å². The summed E-state index contributed by atoms with van der Waals surface area (Å²) in [5, 5.41) is 1.01. The van der Waals surface area contributed by atoms with Crippen LogP contribution in [0.2, 0.25) is 0 Å². The number of nitrogens with zero attached hydrogens (tertiary/aromatic N) is 3. The molecule has 1 fully saturated rings. The number of hydrogen-bond donors (Lipinski definition) is 1. The standard InChI is InChI=1S/C15H18N4S/c1-20-15-8-14(17-10-18-15)19(13-5-6-13)9-11-3-2-4-12(16)7-11/h2-4,7-8,10,13H,5-6,9,16H2,1H3. The normalized spacial score (nSPS) is 14.2. The van der Waals surface area contributed by atoms with Crippen molar-refractivity contribution in [2.75, 3.05) is 16.9 Å². The Morgan fingerprint density at radius 1 is 1.30 bits per heavy atom. The maximum atomic E-state index is 5.86. The molecule has 0 unspecified atom stereocenters. The Balaban J connectivity index is 1.85. The number of hydrogen-bond acceptors (Lipinski definition) is 5. The molecule has 1 aromatic heterocycles. The van der Waals surface area contributed by atoms with Crippen molar-refractivity contribution in [2.45, 2.75) is 30.5 Å². The van der Waals surface area contributed by atoms with Crippen LogP contribution in [0, 0.1) is 0 Å². The molecule has 20 heavy (non-hydrogen) atoms. The Morgan fingerprint density at radius 3 is 2.85 bits per heavy atom. The first kappa shape index (κ1) is 13.2. The Labute approximate surface area is 123 Å². The molecule has 2 aromatic rings. The first-order valence-corrected chi connectivity index (χ1v) is 7.96. The molecule has 0 saturated heterocycles. The number of thioether (sulfide) groups is 1. The molecule has 1 aliphatic carbocycles. The van der Waals surface area contributed by atoms with Gasteiger partial charge >= 0.3 is 0 Å². The zero-order valence-corrected chi connectivity index (χ0v) is 12.3. The van der Waals surface area contributed by atoms with Gasteiger partial charge in [0.05, 0.1) is 0 Å². The summed E-state index contributed by atoms with van der Waals surface area (Å²) in [5.74, 6) is 1.01. The fourth-order valence-electron chi connectivity index (χ4n) is 2.27. The zero-order chi connectivity index (χ0) is 13.9. The Hall–Kier alpha value is -1.75. The van der Waals surface area contributed by atoms with Crippen LogP contribution in [0.4, 0.5) is 11.5 Å². The molecule has 4 nitrogen and oxygen atoms in total. The fourth-order valence-corrected chi connectivity index (χ4v) is 2.65. The third-order valence-electron chi connectivity index (χ3n) is 3.42. The smallest absolute Gasteiger partial charge is 0.133 e. The summed E-state index contributed by atoms with van der Waals surface area (Å²) in [6, 6.07) is 10.7. The molecule has 0 amide bonds. The van der Waals surface area contributed by atoms with E-state index in [0.29, 0.717) is 6.04 Å². The van der Waals surface area contributed by atoms with Gasteiger partial charge in [0.15, 0.2) is 0 Å². The summed E-state index contributed by atoms with van der Waals surface area (Å²) in [7, 11) is 0. The van der Waals surface area contributed by atoms with E-state index in [1.807, 2.05) is 24.5 Å². The number of nitrogens with two attached hydrogens (primary N) is 1. The average Bonchev–Trinajstić information content (AvgIpc) is 3.29. The maximum Gasteiger partial charge on any atom is 0.133 e. The second kappa shape index (κ2) is 5.71. The van der Waals surface area contributed by atoms with Gasteiger partial charge < -0.3 is 10.6 Å². The molecule has 0 aliphatic heterocycles.